The maximum absolute atomic E-state index is 13.9. The van der Waals surface area contributed by atoms with Crippen LogP contribution < -0.4 is 29.1 Å². The summed E-state index contributed by atoms with van der Waals surface area (Å²) in [6.45, 7) is 6.21. The Hall–Kier alpha value is -4.70. The fraction of sp³-hybridized carbons (Fsp3) is 0.242. The van der Waals surface area contributed by atoms with E-state index in [1.165, 1.54) is 23.5 Å². The van der Waals surface area contributed by atoms with Crippen LogP contribution in [0.15, 0.2) is 87.8 Å². The third kappa shape index (κ3) is 6.39. The first-order valence-corrected chi connectivity index (χ1v) is 14.6. The first-order valence-electron chi connectivity index (χ1n) is 13.8. The fourth-order valence-electron chi connectivity index (χ4n) is 4.79. The van der Waals surface area contributed by atoms with Gasteiger partial charge in [0.15, 0.2) is 16.3 Å². The highest BCUT2D eigenvalue weighted by atomic mass is 32.1. The Morgan fingerprint density at radius 3 is 2.42 bits per heavy atom. The van der Waals surface area contributed by atoms with Gasteiger partial charge in [-0.15, -0.1) is 0 Å². The molecule has 0 radical (unpaired) electrons. The van der Waals surface area contributed by atoms with Crippen molar-refractivity contribution in [2.45, 2.75) is 33.4 Å². The number of benzene rings is 3. The lowest BCUT2D eigenvalue weighted by Gasteiger charge is -2.24. The predicted octanol–water partition coefficient (Wildman–Crippen LogP) is 4.92. The zero-order chi connectivity index (χ0) is 30.5. The van der Waals surface area contributed by atoms with Gasteiger partial charge in [0.1, 0.15) is 18.2 Å². The number of esters is 1. The number of allylic oxidation sites excluding steroid dienone is 1. The normalized spacial score (nSPS) is 14.6. The second-order valence-corrected chi connectivity index (χ2v) is 10.6. The van der Waals surface area contributed by atoms with Crippen LogP contribution in [0.2, 0.25) is 0 Å². The molecule has 222 valence electrons. The van der Waals surface area contributed by atoms with E-state index in [0.29, 0.717) is 44.5 Å². The summed E-state index contributed by atoms with van der Waals surface area (Å²) in [6.07, 6.45) is 1.77. The Labute approximate surface area is 252 Å². The summed E-state index contributed by atoms with van der Waals surface area (Å²) in [7, 11) is 1.58. The molecule has 0 fully saturated rings. The molecule has 1 aliphatic heterocycles. The lowest BCUT2D eigenvalue weighted by atomic mass is 9.96. The van der Waals surface area contributed by atoms with Crippen molar-refractivity contribution in [1.29, 1.82) is 0 Å². The summed E-state index contributed by atoms with van der Waals surface area (Å²) >= 11 is 1.24. The van der Waals surface area contributed by atoms with Crippen molar-refractivity contribution in [1.82, 2.24) is 4.57 Å². The smallest absolute Gasteiger partial charge is 0.338 e. The van der Waals surface area contributed by atoms with Gasteiger partial charge >= 0.3 is 5.97 Å². The monoisotopic (exact) mass is 602 g/mol. The van der Waals surface area contributed by atoms with Crippen LogP contribution in [-0.4, -0.2) is 30.9 Å². The van der Waals surface area contributed by atoms with Crippen molar-refractivity contribution in [3.8, 4) is 17.2 Å². The first kappa shape index (κ1) is 29.8. The number of thiazole rings is 1. The minimum Gasteiger partial charge on any atom is -0.497 e. The summed E-state index contributed by atoms with van der Waals surface area (Å²) in [5.41, 5.74) is 2.80. The number of hydrogen-bond donors (Lipinski definition) is 0. The maximum Gasteiger partial charge on any atom is 0.338 e. The van der Waals surface area contributed by atoms with Gasteiger partial charge in [-0.25, -0.2) is 14.2 Å². The van der Waals surface area contributed by atoms with Crippen LogP contribution in [0, 0.1) is 5.82 Å². The van der Waals surface area contributed by atoms with E-state index in [2.05, 4.69) is 4.99 Å². The van der Waals surface area contributed by atoms with Crippen molar-refractivity contribution < 1.29 is 28.1 Å². The van der Waals surface area contributed by atoms with Gasteiger partial charge in [-0.1, -0.05) is 41.7 Å². The number of nitrogens with zero attached hydrogens (tertiary/aromatic N) is 2. The third-order valence-electron chi connectivity index (χ3n) is 6.82. The van der Waals surface area contributed by atoms with E-state index in [-0.39, 0.29) is 24.6 Å². The number of methoxy groups -OCH3 is 1. The second kappa shape index (κ2) is 13.1. The van der Waals surface area contributed by atoms with Crippen LogP contribution in [0.3, 0.4) is 0 Å². The van der Waals surface area contributed by atoms with Gasteiger partial charge in [0.25, 0.3) is 5.56 Å². The van der Waals surface area contributed by atoms with Gasteiger partial charge in [0.2, 0.25) is 0 Å². The summed E-state index contributed by atoms with van der Waals surface area (Å²) < 4.78 is 37.7. The molecule has 43 heavy (non-hydrogen) atoms. The van der Waals surface area contributed by atoms with Gasteiger partial charge in [0.05, 0.1) is 42.2 Å². The molecule has 2 heterocycles. The minimum absolute atomic E-state index is 0.196. The number of fused-ring (bicyclic) bond motifs is 1. The molecule has 0 bridgehead atoms. The molecule has 0 unspecified atom stereocenters. The van der Waals surface area contributed by atoms with E-state index in [9.17, 15) is 14.0 Å². The van der Waals surface area contributed by atoms with Gasteiger partial charge < -0.3 is 18.9 Å². The number of halogens is 1. The van der Waals surface area contributed by atoms with E-state index in [1.807, 2.05) is 25.1 Å². The first-order chi connectivity index (χ1) is 20.8. The second-order valence-electron chi connectivity index (χ2n) is 9.63. The summed E-state index contributed by atoms with van der Waals surface area (Å²) in [5.74, 6) is 0.874. The molecule has 8 nitrogen and oxygen atoms in total. The van der Waals surface area contributed by atoms with Crippen LogP contribution >= 0.6 is 11.3 Å². The summed E-state index contributed by atoms with van der Waals surface area (Å²) in [6, 6.07) is 18.0. The third-order valence-corrected chi connectivity index (χ3v) is 7.80. The maximum atomic E-state index is 13.9. The number of carbonyl (C=O) groups excluding carboxylic acids is 1. The number of ether oxygens (including phenoxy) is 4. The average Bonchev–Trinajstić information content (AvgIpc) is 3.31. The quantitative estimate of drug-likeness (QED) is 0.240. The Kier molecular flexibility index (Phi) is 9.06. The molecule has 5 rings (SSSR count). The highest BCUT2D eigenvalue weighted by Gasteiger charge is 2.33. The Morgan fingerprint density at radius 1 is 1.00 bits per heavy atom. The molecule has 0 saturated carbocycles. The SMILES string of the molecule is CCOC(=O)C1=C(C)N=c2s/c(=C\c3ccc(OCc4ccc(F)cc4)c(OCC)c3)c(=O)n2[C@H]1c1ccc(OC)cc1. The average molecular weight is 603 g/mol. The molecule has 0 N–H and O–H groups in total. The van der Waals surface area contributed by atoms with E-state index >= 15 is 0 Å². The molecule has 1 aliphatic rings. The standard InChI is InChI=1S/C33H31FN2O6S/c1-5-40-27-17-22(9-16-26(27)42-19-21-7-12-24(34)13-8-21)18-28-31(37)36-30(23-10-14-25(39-4)15-11-23)29(32(38)41-6-2)20(3)35-33(36)43-28/h7-18,30H,5-6,19H2,1-4H3/b28-18-/t30-/m0/s1. The molecular formula is C33H31FN2O6S. The Morgan fingerprint density at radius 2 is 1.74 bits per heavy atom. The molecule has 0 spiro atoms. The predicted molar refractivity (Wildman–Crippen MR) is 162 cm³/mol. The summed E-state index contributed by atoms with van der Waals surface area (Å²) in [4.78, 5) is 32.1. The van der Waals surface area contributed by atoms with Crippen molar-refractivity contribution >= 4 is 23.4 Å². The lowest BCUT2D eigenvalue weighted by molar-refractivity contribution is -0.139. The van der Waals surface area contributed by atoms with Crippen molar-refractivity contribution in [3.05, 3.63) is 120 Å². The Bertz CT molecular complexity index is 1840. The number of hydrogen-bond acceptors (Lipinski definition) is 8. The highest BCUT2D eigenvalue weighted by Crippen LogP contribution is 2.32. The molecule has 4 aromatic rings. The van der Waals surface area contributed by atoms with Crippen molar-refractivity contribution in [3.63, 3.8) is 0 Å². The minimum atomic E-state index is -0.718. The van der Waals surface area contributed by atoms with Crippen LogP contribution in [0.5, 0.6) is 17.2 Å². The van der Waals surface area contributed by atoms with Crippen LogP contribution in [0.25, 0.3) is 6.08 Å². The van der Waals surface area contributed by atoms with Gasteiger partial charge in [0, 0.05) is 0 Å². The molecule has 1 aromatic heterocycles. The molecule has 0 amide bonds. The number of aromatic nitrogens is 1. The fourth-order valence-corrected chi connectivity index (χ4v) is 5.83. The number of rotatable bonds is 10. The van der Waals surface area contributed by atoms with E-state index in [4.69, 9.17) is 18.9 Å². The van der Waals surface area contributed by atoms with Crippen molar-refractivity contribution in [2.24, 2.45) is 4.99 Å². The van der Waals surface area contributed by atoms with E-state index < -0.39 is 12.0 Å². The largest absolute Gasteiger partial charge is 0.497 e. The Balaban J connectivity index is 1.54. The molecular weight excluding hydrogens is 571 g/mol. The number of carbonyl (C=O) groups is 1. The molecule has 0 saturated heterocycles. The van der Waals surface area contributed by atoms with E-state index in [0.717, 1.165) is 16.7 Å². The van der Waals surface area contributed by atoms with E-state index in [1.54, 1.807) is 68.0 Å². The van der Waals surface area contributed by atoms with Crippen molar-refractivity contribution in [2.75, 3.05) is 20.3 Å². The van der Waals surface area contributed by atoms with Crippen LogP contribution in [0.1, 0.15) is 43.5 Å². The van der Waals surface area contributed by atoms with Crippen LogP contribution in [-0.2, 0) is 16.1 Å². The van der Waals surface area contributed by atoms with Gasteiger partial charge in [-0.2, -0.15) is 0 Å². The summed E-state index contributed by atoms with van der Waals surface area (Å²) in [5, 5.41) is 0. The topological polar surface area (TPSA) is 88.4 Å². The molecule has 0 aliphatic carbocycles. The zero-order valence-corrected chi connectivity index (χ0v) is 25.1. The van der Waals surface area contributed by atoms with Gasteiger partial charge in [-0.05, 0) is 79.9 Å². The lowest BCUT2D eigenvalue weighted by Crippen LogP contribution is -2.39. The molecule has 1 atom stereocenters. The van der Waals surface area contributed by atoms with Crippen LogP contribution in [0.4, 0.5) is 4.39 Å². The molecule has 3 aromatic carbocycles. The molecule has 10 heteroatoms. The zero-order valence-electron chi connectivity index (χ0n) is 24.3. The van der Waals surface area contributed by atoms with Gasteiger partial charge in [-0.3, -0.25) is 9.36 Å². The highest BCUT2D eigenvalue weighted by molar-refractivity contribution is 7.07.